The van der Waals surface area contributed by atoms with Crippen LogP contribution in [0.3, 0.4) is 0 Å². The minimum Gasteiger partial charge on any atom is -0.481 e. The van der Waals surface area contributed by atoms with E-state index in [1.807, 2.05) is 0 Å². The first-order valence-electron chi connectivity index (χ1n) is 6.66. The average Bonchev–Trinajstić information content (AvgIpc) is 3.05. The molecule has 2 N–H and O–H groups in total. The average molecular weight is 256 g/mol. The van der Waals surface area contributed by atoms with Crippen molar-refractivity contribution in [3.8, 4) is 0 Å². The molecule has 1 saturated carbocycles. The van der Waals surface area contributed by atoms with E-state index in [9.17, 15) is 9.59 Å². The summed E-state index contributed by atoms with van der Waals surface area (Å²) in [6, 6.07) is 0. The molecule has 18 heavy (non-hydrogen) atoms. The number of epoxide rings is 1. The molecular formula is C13H20O5. The Balaban J connectivity index is 1.74. The summed E-state index contributed by atoms with van der Waals surface area (Å²) >= 11 is 0. The van der Waals surface area contributed by atoms with Crippen molar-refractivity contribution in [1.82, 2.24) is 0 Å². The number of hydrogen-bond donors (Lipinski definition) is 2. The van der Waals surface area contributed by atoms with E-state index < -0.39 is 17.9 Å². The maximum atomic E-state index is 11.2. The Bertz CT molecular complexity index is 327. The predicted molar refractivity (Wildman–Crippen MR) is 63.2 cm³/mol. The molecule has 0 aromatic heterocycles. The molecule has 1 saturated heterocycles. The van der Waals surface area contributed by atoms with Crippen molar-refractivity contribution in [3.05, 3.63) is 0 Å². The van der Waals surface area contributed by atoms with Crippen LogP contribution in [0.2, 0.25) is 0 Å². The molecule has 4 unspecified atom stereocenters. The lowest BCUT2D eigenvalue weighted by Crippen LogP contribution is -2.22. The highest BCUT2D eigenvalue weighted by atomic mass is 16.6. The third-order valence-electron chi connectivity index (χ3n) is 4.02. The molecule has 4 atom stereocenters. The topological polar surface area (TPSA) is 87.1 Å². The second-order valence-corrected chi connectivity index (χ2v) is 5.45. The third-order valence-corrected chi connectivity index (χ3v) is 4.02. The van der Waals surface area contributed by atoms with Gasteiger partial charge in [0.2, 0.25) is 0 Å². The largest absolute Gasteiger partial charge is 0.481 e. The van der Waals surface area contributed by atoms with Crippen LogP contribution < -0.4 is 0 Å². The van der Waals surface area contributed by atoms with Crippen LogP contribution in [0.15, 0.2) is 0 Å². The molecular weight excluding hydrogens is 236 g/mol. The van der Waals surface area contributed by atoms with Gasteiger partial charge in [-0.2, -0.15) is 0 Å². The molecule has 0 aromatic carbocycles. The van der Waals surface area contributed by atoms with Crippen molar-refractivity contribution < 1.29 is 24.5 Å². The highest BCUT2D eigenvalue weighted by molar-refractivity contribution is 5.70. The molecule has 1 aliphatic heterocycles. The van der Waals surface area contributed by atoms with Gasteiger partial charge in [0, 0.05) is 6.42 Å². The SMILES string of the molecule is O=C(O)CCCC(CC1CCC2OC2C1)C(=O)O. The standard InChI is InChI=1S/C13H20O5/c14-12(15)3-1-2-9(13(16)17)6-8-4-5-10-11(7-8)18-10/h8-11H,1-7H2,(H,14,15)(H,16,17). The summed E-state index contributed by atoms with van der Waals surface area (Å²) in [5.41, 5.74) is 0. The van der Waals surface area contributed by atoms with Crippen LogP contribution in [0, 0.1) is 11.8 Å². The van der Waals surface area contributed by atoms with Gasteiger partial charge in [0.15, 0.2) is 0 Å². The molecule has 2 aliphatic rings. The fourth-order valence-corrected chi connectivity index (χ4v) is 2.95. The number of hydrogen-bond acceptors (Lipinski definition) is 3. The number of fused-ring (bicyclic) bond motifs is 1. The molecule has 0 amide bonds. The summed E-state index contributed by atoms with van der Waals surface area (Å²) in [7, 11) is 0. The van der Waals surface area contributed by atoms with Gasteiger partial charge < -0.3 is 14.9 Å². The quantitative estimate of drug-likeness (QED) is 0.679. The number of ether oxygens (including phenoxy) is 1. The van der Waals surface area contributed by atoms with Crippen molar-refractivity contribution in [2.24, 2.45) is 11.8 Å². The molecule has 1 aliphatic carbocycles. The van der Waals surface area contributed by atoms with Crippen LogP contribution >= 0.6 is 0 Å². The lowest BCUT2D eigenvalue weighted by atomic mass is 9.81. The van der Waals surface area contributed by atoms with Gasteiger partial charge in [-0.1, -0.05) is 0 Å². The van der Waals surface area contributed by atoms with Crippen LogP contribution in [0.25, 0.3) is 0 Å². The second-order valence-electron chi connectivity index (χ2n) is 5.45. The van der Waals surface area contributed by atoms with Crippen LogP contribution in [0.1, 0.15) is 44.9 Å². The van der Waals surface area contributed by atoms with E-state index >= 15 is 0 Å². The van der Waals surface area contributed by atoms with Crippen molar-refractivity contribution in [2.75, 3.05) is 0 Å². The minimum absolute atomic E-state index is 0.0578. The zero-order chi connectivity index (χ0) is 13.1. The first kappa shape index (κ1) is 13.3. The highest BCUT2D eigenvalue weighted by Crippen LogP contribution is 2.41. The maximum Gasteiger partial charge on any atom is 0.306 e. The molecule has 0 aromatic rings. The van der Waals surface area contributed by atoms with Crippen molar-refractivity contribution in [1.29, 1.82) is 0 Å². The predicted octanol–water partition coefficient (Wildman–Crippen LogP) is 1.90. The van der Waals surface area contributed by atoms with E-state index in [2.05, 4.69) is 0 Å². The smallest absolute Gasteiger partial charge is 0.306 e. The Morgan fingerprint density at radius 1 is 1.22 bits per heavy atom. The molecule has 1 heterocycles. The fourth-order valence-electron chi connectivity index (χ4n) is 2.95. The van der Waals surface area contributed by atoms with E-state index in [1.54, 1.807) is 0 Å². The van der Waals surface area contributed by atoms with Crippen LogP contribution in [0.4, 0.5) is 0 Å². The van der Waals surface area contributed by atoms with Gasteiger partial charge >= 0.3 is 11.9 Å². The number of rotatable bonds is 7. The number of aliphatic carboxylic acids is 2. The van der Waals surface area contributed by atoms with Crippen molar-refractivity contribution in [2.45, 2.75) is 57.2 Å². The third kappa shape index (κ3) is 3.70. The van der Waals surface area contributed by atoms with Gasteiger partial charge in [0.25, 0.3) is 0 Å². The Morgan fingerprint density at radius 3 is 2.61 bits per heavy atom. The van der Waals surface area contributed by atoms with Crippen LogP contribution in [0.5, 0.6) is 0 Å². The summed E-state index contributed by atoms with van der Waals surface area (Å²) in [5, 5.41) is 17.7. The second kappa shape index (κ2) is 5.69. The summed E-state index contributed by atoms with van der Waals surface area (Å²) in [6.07, 6.45) is 5.53. The van der Waals surface area contributed by atoms with E-state index in [4.69, 9.17) is 14.9 Å². The zero-order valence-corrected chi connectivity index (χ0v) is 10.4. The molecule has 2 fully saturated rings. The van der Waals surface area contributed by atoms with Crippen molar-refractivity contribution >= 4 is 11.9 Å². The van der Waals surface area contributed by atoms with Gasteiger partial charge in [-0.25, -0.2) is 0 Å². The zero-order valence-electron chi connectivity index (χ0n) is 10.4. The number of carboxylic acids is 2. The lowest BCUT2D eigenvalue weighted by molar-refractivity contribution is -0.143. The first-order chi connectivity index (χ1) is 8.56. The van der Waals surface area contributed by atoms with E-state index in [-0.39, 0.29) is 6.42 Å². The Kier molecular flexibility index (Phi) is 4.22. The Labute approximate surface area is 106 Å². The van der Waals surface area contributed by atoms with Gasteiger partial charge in [-0.15, -0.1) is 0 Å². The molecule has 102 valence electrons. The lowest BCUT2D eigenvalue weighted by Gasteiger charge is -2.22. The molecule has 0 bridgehead atoms. The molecule has 0 radical (unpaired) electrons. The number of carboxylic acid groups (broad SMARTS) is 2. The van der Waals surface area contributed by atoms with E-state index in [1.165, 1.54) is 0 Å². The van der Waals surface area contributed by atoms with Crippen LogP contribution in [-0.2, 0) is 14.3 Å². The molecule has 2 rings (SSSR count). The van der Waals surface area contributed by atoms with Gasteiger partial charge in [0.05, 0.1) is 18.1 Å². The van der Waals surface area contributed by atoms with Crippen molar-refractivity contribution in [3.63, 3.8) is 0 Å². The fraction of sp³-hybridized carbons (Fsp3) is 0.846. The van der Waals surface area contributed by atoms with E-state index in [0.29, 0.717) is 37.4 Å². The summed E-state index contributed by atoms with van der Waals surface area (Å²) in [4.78, 5) is 21.6. The first-order valence-corrected chi connectivity index (χ1v) is 6.66. The van der Waals surface area contributed by atoms with Gasteiger partial charge in [-0.3, -0.25) is 9.59 Å². The summed E-state index contributed by atoms with van der Waals surface area (Å²) in [6.45, 7) is 0. The normalized spacial score (nSPS) is 31.4. The maximum absolute atomic E-state index is 11.2. The molecule has 5 nitrogen and oxygen atoms in total. The Hall–Kier alpha value is -1.10. The monoisotopic (exact) mass is 256 g/mol. The van der Waals surface area contributed by atoms with Gasteiger partial charge in [-0.05, 0) is 44.4 Å². The Morgan fingerprint density at radius 2 is 2.00 bits per heavy atom. The number of carbonyl (C=O) groups is 2. The summed E-state index contributed by atoms with van der Waals surface area (Å²) < 4.78 is 5.44. The van der Waals surface area contributed by atoms with Gasteiger partial charge in [0.1, 0.15) is 0 Å². The molecule has 5 heteroatoms. The minimum atomic E-state index is -0.856. The summed E-state index contributed by atoms with van der Waals surface area (Å²) in [5.74, 6) is -1.62. The van der Waals surface area contributed by atoms with E-state index in [0.717, 1.165) is 19.3 Å². The highest BCUT2D eigenvalue weighted by Gasteiger charge is 2.44. The molecule has 0 spiro atoms. The van der Waals surface area contributed by atoms with Crippen LogP contribution in [-0.4, -0.2) is 34.4 Å².